The van der Waals surface area contributed by atoms with Crippen LogP contribution in [-0.2, 0) is 4.74 Å². The Kier molecular flexibility index (Phi) is 3.37. The van der Waals surface area contributed by atoms with Gasteiger partial charge in [-0.15, -0.1) is 0 Å². The van der Waals surface area contributed by atoms with Crippen molar-refractivity contribution in [2.24, 2.45) is 0 Å². The van der Waals surface area contributed by atoms with Crippen LogP contribution < -0.4 is 5.32 Å². The highest BCUT2D eigenvalue weighted by molar-refractivity contribution is 5.68. The highest BCUT2D eigenvalue weighted by atomic mass is 16.6. The van der Waals surface area contributed by atoms with Gasteiger partial charge in [-0.1, -0.05) is 0 Å². The van der Waals surface area contributed by atoms with Gasteiger partial charge in [-0.05, 0) is 33.7 Å². The summed E-state index contributed by atoms with van der Waals surface area (Å²) in [7, 11) is 1.77. The number of ether oxygens (including phenoxy) is 1. The van der Waals surface area contributed by atoms with Crippen molar-refractivity contribution in [3.63, 3.8) is 0 Å². The summed E-state index contributed by atoms with van der Waals surface area (Å²) < 4.78 is 5.32. The quantitative estimate of drug-likeness (QED) is 0.692. The van der Waals surface area contributed by atoms with Gasteiger partial charge in [0.1, 0.15) is 6.10 Å². The van der Waals surface area contributed by atoms with Crippen molar-refractivity contribution < 1.29 is 9.53 Å². The second-order valence-corrected chi connectivity index (χ2v) is 4.73. The predicted octanol–water partition coefficient (Wildman–Crippen LogP) is 1.22. The zero-order chi connectivity index (χ0) is 10.8. The second kappa shape index (κ2) is 4.17. The van der Waals surface area contributed by atoms with Crippen LogP contribution in [0.25, 0.3) is 0 Å². The molecule has 1 heterocycles. The number of nitrogens with one attached hydrogen (secondary N) is 1. The molecule has 14 heavy (non-hydrogen) atoms. The molecule has 0 saturated carbocycles. The first-order valence-electron chi connectivity index (χ1n) is 5.06. The topological polar surface area (TPSA) is 41.6 Å². The van der Waals surface area contributed by atoms with Crippen molar-refractivity contribution in [1.82, 2.24) is 10.2 Å². The van der Waals surface area contributed by atoms with Gasteiger partial charge in [-0.25, -0.2) is 4.79 Å². The van der Waals surface area contributed by atoms with Gasteiger partial charge in [0.05, 0.1) is 0 Å². The van der Waals surface area contributed by atoms with Crippen molar-refractivity contribution in [2.45, 2.75) is 38.8 Å². The highest BCUT2D eigenvalue weighted by Gasteiger charge is 2.27. The van der Waals surface area contributed by atoms with Crippen LogP contribution in [0.15, 0.2) is 0 Å². The molecule has 1 aliphatic rings. The Balaban J connectivity index is 2.41. The Labute approximate surface area is 85.6 Å². The molecule has 1 saturated heterocycles. The first kappa shape index (κ1) is 11.3. The van der Waals surface area contributed by atoms with Crippen LogP contribution in [0.1, 0.15) is 27.2 Å². The summed E-state index contributed by atoms with van der Waals surface area (Å²) in [6.45, 7) is 7.68. The molecule has 0 aliphatic carbocycles. The molecule has 1 atom stereocenters. The third-order valence-corrected chi connectivity index (χ3v) is 2.56. The van der Waals surface area contributed by atoms with E-state index in [4.69, 9.17) is 4.74 Å². The van der Waals surface area contributed by atoms with Crippen LogP contribution in [-0.4, -0.2) is 42.8 Å². The van der Waals surface area contributed by atoms with Crippen molar-refractivity contribution in [3.05, 3.63) is 0 Å². The van der Waals surface area contributed by atoms with Gasteiger partial charge in [0.2, 0.25) is 0 Å². The minimum Gasteiger partial charge on any atom is -0.445 e. The molecule has 0 spiro atoms. The summed E-state index contributed by atoms with van der Waals surface area (Å²) in [6, 6.07) is 0. The van der Waals surface area contributed by atoms with Crippen LogP contribution in [0.3, 0.4) is 0 Å². The van der Waals surface area contributed by atoms with E-state index < -0.39 is 0 Å². The predicted molar refractivity (Wildman–Crippen MR) is 55.3 cm³/mol. The molecule has 1 amide bonds. The van der Waals surface area contributed by atoms with Gasteiger partial charge in [-0.2, -0.15) is 0 Å². The summed E-state index contributed by atoms with van der Waals surface area (Å²) in [5.74, 6) is 0. The smallest absolute Gasteiger partial charge is 0.410 e. The third kappa shape index (κ3) is 2.87. The van der Waals surface area contributed by atoms with E-state index in [1.807, 2.05) is 20.8 Å². The minimum atomic E-state index is -0.230. The first-order valence-corrected chi connectivity index (χ1v) is 5.06. The molecule has 1 aliphatic heterocycles. The lowest BCUT2D eigenvalue weighted by Crippen LogP contribution is -2.44. The summed E-state index contributed by atoms with van der Waals surface area (Å²) in [5.41, 5.74) is -0.177. The summed E-state index contributed by atoms with van der Waals surface area (Å²) in [5, 5.41) is 3.16. The first-order chi connectivity index (χ1) is 6.41. The number of carbonyl (C=O) groups is 1. The number of hydrogen-bond donors (Lipinski definition) is 1. The molecule has 82 valence electrons. The zero-order valence-corrected chi connectivity index (χ0v) is 9.46. The number of amides is 1. The van der Waals surface area contributed by atoms with E-state index in [2.05, 4.69) is 5.32 Å². The molecule has 4 nitrogen and oxygen atoms in total. The van der Waals surface area contributed by atoms with Gasteiger partial charge in [0.15, 0.2) is 0 Å². The van der Waals surface area contributed by atoms with Crippen LogP contribution in [0.5, 0.6) is 0 Å². The van der Waals surface area contributed by atoms with Crippen molar-refractivity contribution in [3.8, 4) is 0 Å². The molecule has 4 heteroatoms. The third-order valence-electron chi connectivity index (χ3n) is 2.56. The molecule has 0 radical (unpaired) electrons. The number of rotatable bonds is 1. The molecule has 0 bridgehead atoms. The maximum atomic E-state index is 11.6. The zero-order valence-electron chi connectivity index (χ0n) is 9.46. The standard InChI is InChI=1S/C10H20N2O2/c1-10(2,3)12(4)9(13)14-8-5-6-11-7-8/h8,11H,5-7H2,1-4H3/t8-/m1/s1. The Bertz CT molecular complexity index is 205. The molecule has 0 aromatic carbocycles. The van der Waals surface area contributed by atoms with E-state index in [0.29, 0.717) is 0 Å². The molecule has 0 unspecified atom stereocenters. The Morgan fingerprint density at radius 1 is 1.50 bits per heavy atom. The largest absolute Gasteiger partial charge is 0.445 e. The maximum absolute atomic E-state index is 11.6. The minimum absolute atomic E-state index is 0.0484. The lowest BCUT2D eigenvalue weighted by molar-refractivity contribution is 0.0540. The van der Waals surface area contributed by atoms with E-state index in [9.17, 15) is 4.79 Å². The van der Waals surface area contributed by atoms with Gasteiger partial charge >= 0.3 is 6.09 Å². The fourth-order valence-electron chi connectivity index (χ4n) is 1.22. The lowest BCUT2D eigenvalue weighted by atomic mass is 10.1. The summed E-state index contributed by atoms with van der Waals surface area (Å²) >= 11 is 0. The van der Waals surface area contributed by atoms with E-state index in [1.54, 1.807) is 11.9 Å². The van der Waals surface area contributed by atoms with Gasteiger partial charge < -0.3 is 15.0 Å². The fraction of sp³-hybridized carbons (Fsp3) is 0.900. The molecule has 1 rings (SSSR count). The molecular weight excluding hydrogens is 180 g/mol. The van der Waals surface area contributed by atoms with Crippen LogP contribution >= 0.6 is 0 Å². The highest BCUT2D eigenvalue weighted by Crippen LogP contribution is 2.14. The van der Waals surface area contributed by atoms with Crippen molar-refractivity contribution >= 4 is 6.09 Å². The Hall–Kier alpha value is -0.770. The monoisotopic (exact) mass is 200 g/mol. The SMILES string of the molecule is CN(C(=O)O[C@@H]1CCNC1)C(C)(C)C. The molecule has 0 aromatic rings. The second-order valence-electron chi connectivity index (χ2n) is 4.73. The van der Waals surface area contributed by atoms with Crippen LogP contribution in [0, 0.1) is 0 Å². The lowest BCUT2D eigenvalue weighted by Gasteiger charge is -2.31. The maximum Gasteiger partial charge on any atom is 0.410 e. The van der Waals surface area contributed by atoms with Crippen molar-refractivity contribution in [1.29, 1.82) is 0 Å². The molecule has 0 aromatic heterocycles. The van der Waals surface area contributed by atoms with E-state index in [1.165, 1.54) is 0 Å². The summed E-state index contributed by atoms with van der Waals surface area (Å²) in [6.07, 6.45) is 0.738. The normalized spacial score (nSPS) is 22.1. The molecule has 1 N–H and O–H groups in total. The average molecular weight is 200 g/mol. The molecule has 1 fully saturated rings. The average Bonchev–Trinajstić information content (AvgIpc) is 2.53. The number of hydrogen-bond acceptors (Lipinski definition) is 3. The van der Waals surface area contributed by atoms with Gasteiger partial charge in [0.25, 0.3) is 0 Å². The Morgan fingerprint density at radius 3 is 2.57 bits per heavy atom. The molecular formula is C10H20N2O2. The van der Waals surface area contributed by atoms with Crippen LogP contribution in [0.4, 0.5) is 4.79 Å². The van der Waals surface area contributed by atoms with E-state index >= 15 is 0 Å². The Morgan fingerprint density at radius 2 is 2.14 bits per heavy atom. The number of nitrogens with zero attached hydrogens (tertiary/aromatic N) is 1. The van der Waals surface area contributed by atoms with Crippen molar-refractivity contribution in [2.75, 3.05) is 20.1 Å². The van der Waals surface area contributed by atoms with E-state index in [-0.39, 0.29) is 17.7 Å². The fourth-order valence-corrected chi connectivity index (χ4v) is 1.22. The summed E-state index contributed by atoms with van der Waals surface area (Å²) in [4.78, 5) is 13.3. The van der Waals surface area contributed by atoms with Gasteiger partial charge in [0, 0.05) is 19.1 Å². The van der Waals surface area contributed by atoms with Gasteiger partial charge in [-0.3, -0.25) is 0 Å². The number of carbonyl (C=O) groups excluding carboxylic acids is 1. The van der Waals surface area contributed by atoms with Crippen LogP contribution in [0.2, 0.25) is 0 Å². The van der Waals surface area contributed by atoms with E-state index in [0.717, 1.165) is 19.5 Å².